The van der Waals surface area contributed by atoms with Crippen LogP contribution in [0.25, 0.3) is 0 Å². The maximum Gasteiger partial charge on any atom is 0.335 e. The Morgan fingerprint density at radius 3 is 2.68 bits per heavy atom. The molecule has 0 aliphatic heterocycles. The lowest BCUT2D eigenvalue weighted by Crippen LogP contribution is -2.31. The molecule has 0 spiro atoms. The summed E-state index contributed by atoms with van der Waals surface area (Å²) in [4.78, 5) is 22.3. The van der Waals surface area contributed by atoms with Gasteiger partial charge in [-0.1, -0.05) is 0 Å². The number of halogens is 1. The van der Waals surface area contributed by atoms with E-state index >= 15 is 0 Å². The van der Waals surface area contributed by atoms with Gasteiger partial charge in [0.25, 0.3) is 0 Å². The summed E-state index contributed by atoms with van der Waals surface area (Å²) < 4.78 is 6.26. The van der Waals surface area contributed by atoms with Crippen molar-refractivity contribution < 1.29 is 19.4 Å². The van der Waals surface area contributed by atoms with Crippen molar-refractivity contribution in [2.75, 3.05) is 6.61 Å². The maximum atomic E-state index is 11.4. The van der Waals surface area contributed by atoms with Gasteiger partial charge in [-0.3, -0.25) is 4.79 Å². The number of rotatable bonds is 6. The number of ether oxygens (including phenoxy) is 1. The molecule has 19 heavy (non-hydrogen) atoms. The number of amides is 1. The number of nitrogens with one attached hydrogen (secondary N) is 1. The summed E-state index contributed by atoms with van der Waals surface area (Å²) in [7, 11) is 0. The second-order valence-electron chi connectivity index (χ2n) is 4.27. The third-order valence-electron chi connectivity index (χ3n) is 2.21. The molecule has 0 aromatic heterocycles. The first-order valence-electron chi connectivity index (χ1n) is 5.85. The van der Waals surface area contributed by atoms with Crippen LogP contribution in [0.4, 0.5) is 0 Å². The highest BCUT2D eigenvalue weighted by Gasteiger charge is 2.09. The van der Waals surface area contributed by atoms with Crippen molar-refractivity contribution in [2.45, 2.75) is 26.3 Å². The van der Waals surface area contributed by atoms with E-state index in [4.69, 9.17) is 9.84 Å². The van der Waals surface area contributed by atoms with Gasteiger partial charge in [-0.2, -0.15) is 0 Å². The van der Waals surface area contributed by atoms with E-state index in [0.717, 1.165) is 3.57 Å². The highest BCUT2D eigenvalue weighted by Crippen LogP contribution is 2.22. The SMILES string of the molecule is CC(C)NC(=O)CCOc1cc(C(=O)O)ccc1I. The number of hydrogen-bond acceptors (Lipinski definition) is 3. The van der Waals surface area contributed by atoms with E-state index in [-0.39, 0.29) is 30.5 Å². The first-order chi connectivity index (χ1) is 8.90. The van der Waals surface area contributed by atoms with Crippen LogP contribution in [-0.2, 0) is 4.79 Å². The Balaban J connectivity index is 2.55. The molecule has 0 bridgehead atoms. The van der Waals surface area contributed by atoms with Crippen LogP contribution in [0.15, 0.2) is 18.2 Å². The Morgan fingerprint density at radius 1 is 1.42 bits per heavy atom. The minimum absolute atomic E-state index is 0.0839. The molecule has 0 aliphatic carbocycles. The lowest BCUT2D eigenvalue weighted by Gasteiger charge is -2.10. The second-order valence-corrected chi connectivity index (χ2v) is 5.43. The zero-order valence-electron chi connectivity index (χ0n) is 10.8. The molecule has 0 radical (unpaired) electrons. The molecule has 104 valence electrons. The monoisotopic (exact) mass is 377 g/mol. The first-order valence-corrected chi connectivity index (χ1v) is 6.93. The topological polar surface area (TPSA) is 75.6 Å². The van der Waals surface area contributed by atoms with Gasteiger partial charge in [0, 0.05) is 6.04 Å². The van der Waals surface area contributed by atoms with Gasteiger partial charge in [0.2, 0.25) is 5.91 Å². The molecule has 0 heterocycles. The molecule has 1 rings (SSSR count). The molecular weight excluding hydrogens is 361 g/mol. The fourth-order valence-electron chi connectivity index (χ4n) is 1.39. The Hall–Kier alpha value is -1.31. The fourth-order valence-corrected chi connectivity index (χ4v) is 1.89. The number of aromatic carboxylic acids is 1. The molecule has 5 nitrogen and oxygen atoms in total. The Morgan fingerprint density at radius 2 is 2.11 bits per heavy atom. The number of carbonyl (C=O) groups is 2. The van der Waals surface area contributed by atoms with Crippen molar-refractivity contribution in [3.63, 3.8) is 0 Å². The average Bonchev–Trinajstić information content (AvgIpc) is 2.30. The molecule has 0 unspecified atom stereocenters. The van der Waals surface area contributed by atoms with Crippen LogP contribution in [0.1, 0.15) is 30.6 Å². The third kappa shape index (κ3) is 5.46. The van der Waals surface area contributed by atoms with Crippen molar-refractivity contribution in [1.29, 1.82) is 0 Å². The van der Waals surface area contributed by atoms with E-state index in [9.17, 15) is 9.59 Å². The molecule has 0 saturated carbocycles. The molecule has 1 aromatic carbocycles. The second kappa shape index (κ2) is 7.32. The highest BCUT2D eigenvalue weighted by atomic mass is 127. The standard InChI is InChI=1S/C13H16INO4/c1-8(2)15-12(16)5-6-19-11-7-9(13(17)18)3-4-10(11)14/h3-4,7-8H,5-6H2,1-2H3,(H,15,16)(H,17,18). The zero-order chi connectivity index (χ0) is 14.4. The summed E-state index contributed by atoms with van der Waals surface area (Å²) in [6.45, 7) is 3.99. The summed E-state index contributed by atoms with van der Waals surface area (Å²) in [6.07, 6.45) is 0.242. The van der Waals surface area contributed by atoms with Gasteiger partial charge in [0.1, 0.15) is 5.75 Å². The van der Waals surface area contributed by atoms with E-state index in [2.05, 4.69) is 27.9 Å². The largest absolute Gasteiger partial charge is 0.492 e. The number of benzene rings is 1. The molecular formula is C13H16INO4. The van der Waals surface area contributed by atoms with Crippen molar-refractivity contribution >= 4 is 34.5 Å². The van der Waals surface area contributed by atoms with Crippen molar-refractivity contribution in [2.24, 2.45) is 0 Å². The Labute approximate surface area is 125 Å². The fraction of sp³-hybridized carbons (Fsp3) is 0.385. The maximum absolute atomic E-state index is 11.4. The van der Waals surface area contributed by atoms with Gasteiger partial charge in [-0.15, -0.1) is 0 Å². The summed E-state index contributed by atoms with van der Waals surface area (Å²) >= 11 is 2.06. The van der Waals surface area contributed by atoms with Crippen molar-refractivity contribution in [1.82, 2.24) is 5.32 Å². The highest BCUT2D eigenvalue weighted by molar-refractivity contribution is 14.1. The van der Waals surface area contributed by atoms with Crippen LogP contribution in [0, 0.1) is 3.57 Å². The lowest BCUT2D eigenvalue weighted by molar-refractivity contribution is -0.122. The molecule has 0 fully saturated rings. The Kier molecular flexibility index (Phi) is 6.07. The van der Waals surface area contributed by atoms with Crippen LogP contribution in [0.2, 0.25) is 0 Å². The van der Waals surface area contributed by atoms with Crippen LogP contribution >= 0.6 is 22.6 Å². The molecule has 6 heteroatoms. The summed E-state index contributed by atoms with van der Waals surface area (Å²) in [6, 6.07) is 4.75. The molecule has 0 aliphatic rings. The zero-order valence-corrected chi connectivity index (χ0v) is 12.9. The van der Waals surface area contributed by atoms with E-state index in [0.29, 0.717) is 5.75 Å². The number of carboxylic acids is 1. The summed E-state index contributed by atoms with van der Waals surface area (Å²) in [5.74, 6) is -0.601. The minimum atomic E-state index is -1.00. The minimum Gasteiger partial charge on any atom is -0.492 e. The predicted molar refractivity (Wildman–Crippen MR) is 79.5 cm³/mol. The molecule has 2 N–H and O–H groups in total. The third-order valence-corrected chi connectivity index (χ3v) is 3.11. The van der Waals surface area contributed by atoms with Crippen LogP contribution in [0.3, 0.4) is 0 Å². The summed E-state index contributed by atoms with van der Waals surface area (Å²) in [5, 5.41) is 11.6. The van der Waals surface area contributed by atoms with Crippen LogP contribution in [-0.4, -0.2) is 29.6 Å². The van der Waals surface area contributed by atoms with Gasteiger partial charge in [0.05, 0.1) is 22.2 Å². The van der Waals surface area contributed by atoms with E-state index < -0.39 is 5.97 Å². The predicted octanol–water partition coefficient (Wildman–Crippen LogP) is 2.28. The first kappa shape index (κ1) is 15.7. The van der Waals surface area contributed by atoms with Crippen molar-refractivity contribution in [3.05, 3.63) is 27.3 Å². The number of carboxylic acid groups (broad SMARTS) is 1. The van der Waals surface area contributed by atoms with Gasteiger partial charge in [0.15, 0.2) is 0 Å². The average molecular weight is 377 g/mol. The molecule has 0 saturated heterocycles. The number of hydrogen-bond donors (Lipinski definition) is 2. The molecule has 0 atom stereocenters. The molecule has 1 amide bonds. The van der Waals surface area contributed by atoms with E-state index in [1.807, 2.05) is 13.8 Å². The van der Waals surface area contributed by atoms with E-state index in [1.165, 1.54) is 12.1 Å². The smallest absolute Gasteiger partial charge is 0.335 e. The van der Waals surface area contributed by atoms with E-state index in [1.54, 1.807) is 6.07 Å². The number of carbonyl (C=O) groups excluding carboxylic acids is 1. The van der Waals surface area contributed by atoms with Gasteiger partial charge in [-0.05, 0) is 54.6 Å². The van der Waals surface area contributed by atoms with Gasteiger partial charge in [-0.25, -0.2) is 4.79 Å². The van der Waals surface area contributed by atoms with Gasteiger partial charge < -0.3 is 15.2 Å². The van der Waals surface area contributed by atoms with Crippen LogP contribution in [0.5, 0.6) is 5.75 Å². The Bertz CT molecular complexity index is 474. The van der Waals surface area contributed by atoms with Crippen LogP contribution < -0.4 is 10.1 Å². The lowest BCUT2D eigenvalue weighted by atomic mass is 10.2. The van der Waals surface area contributed by atoms with Crippen molar-refractivity contribution in [3.8, 4) is 5.75 Å². The molecule has 1 aromatic rings. The van der Waals surface area contributed by atoms with Gasteiger partial charge >= 0.3 is 5.97 Å². The summed E-state index contributed by atoms with van der Waals surface area (Å²) in [5.41, 5.74) is 0.169. The quantitative estimate of drug-likeness (QED) is 0.746. The normalized spacial score (nSPS) is 10.3.